The monoisotopic (exact) mass is 343 g/mol. The van der Waals surface area contributed by atoms with Crippen LogP contribution in [-0.4, -0.2) is 19.2 Å². The summed E-state index contributed by atoms with van der Waals surface area (Å²) in [4.78, 5) is 2.18. The normalized spacial score (nSPS) is 12.1. The van der Waals surface area contributed by atoms with Crippen molar-refractivity contribution in [2.45, 2.75) is 45.7 Å². The zero-order chi connectivity index (χ0) is 17.9. The maximum absolute atomic E-state index is 10.8. The fourth-order valence-corrected chi connectivity index (χ4v) is 5.24. The van der Waals surface area contributed by atoms with Crippen LogP contribution in [0.25, 0.3) is 0 Å². The van der Waals surface area contributed by atoms with E-state index in [1.54, 1.807) is 0 Å². The van der Waals surface area contributed by atoms with Crippen LogP contribution in [0.1, 0.15) is 43.4 Å². The molecule has 0 saturated carbocycles. The van der Waals surface area contributed by atoms with Gasteiger partial charge >= 0.3 is 0 Å². The van der Waals surface area contributed by atoms with E-state index < -0.39 is 0 Å². The molecule has 1 N–H and O–H groups in total. The van der Waals surface area contributed by atoms with Gasteiger partial charge in [0, 0.05) is 30.5 Å². The number of hydrogen-bond donors (Lipinski definition) is 1. The Morgan fingerprint density at radius 3 is 2.25 bits per heavy atom. The number of benzene rings is 2. The number of nitrogens with zero attached hydrogens (tertiary/aromatic N) is 1. The Bertz CT molecular complexity index is 705. The van der Waals surface area contributed by atoms with Crippen molar-refractivity contribution in [3.05, 3.63) is 53.1 Å². The molecule has 24 heavy (non-hydrogen) atoms. The van der Waals surface area contributed by atoms with E-state index in [1.807, 2.05) is 6.92 Å². The molecule has 0 aliphatic rings. The fraction of sp³-hybridized carbons (Fsp3) is 0.429. The van der Waals surface area contributed by atoms with Crippen LogP contribution >= 0.6 is 8.58 Å². The largest absolute Gasteiger partial charge is 0.507 e. The standard InChI is InChI=1S/C21H30NOP/c1-7-21(8-2,17-14-15(3)13-16(4)20(17)23)24-19-12-10-9-11-18(19)22(5)6/h9-14,23-24H,7-8H2,1-6H3. The lowest BCUT2D eigenvalue weighted by atomic mass is 9.89. The van der Waals surface area contributed by atoms with Gasteiger partial charge in [0.15, 0.2) is 0 Å². The second-order valence-corrected chi connectivity index (χ2v) is 8.55. The summed E-state index contributed by atoms with van der Waals surface area (Å²) in [5, 5.41) is 12.1. The third kappa shape index (κ3) is 3.59. The van der Waals surface area contributed by atoms with Crippen molar-refractivity contribution in [2.75, 3.05) is 19.0 Å². The zero-order valence-electron chi connectivity index (χ0n) is 15.8. The summed E-state index contributed by atoms with van der Waals surface area (Å²) in [5.41, 5.74) is 4.57. The Balaban J connectivity index is 2.58. The van der Waals surface area contributed by atoms with E-state index in [9.17, 15) is 5.11 Å². The van der Waals surface area contributed by atoms with Crippen LogP contribution < -0.4 is 10.2 Å². The first-order chi connectivity index (χ1) is 11.3. The van der Waals surface area contributed by atoms with Crippen molar-refractivity contribution in [3.63, 3.8) is 0 Å². The highest BCUT2D eigenvalue weighted by Gasteiger charge is 2.33. The van der Waals surface area contributed by atoms with Crippen molar-refractivity contribution >= 4 is 19.6 Å². The summed E-state index contributed by atoms with van der Waals surface area (Å²) in [5.74, 6) is 0.471. The minimum absolute atomic E-state index is 0.0209. The summed E-state index contributed by atoms with van der Waals surface area (Å²) >= 11 is 0. The van der Waals surface area contributed by atoms with Gasteiger partial charge < -0.3 is 10.0 Å². The van der Waals surface area contributed by atoms with Gasteiger partial charge in [-0.3, -0.25) is 0 Å². The number of hydrogen-bond acceptors (Lipinski definition) is 2. The van der Waals surface area contributed by atoms with Crippen LogP contribution in [0.3, 0.4) is 0 Å². The molecule has 1 atom stereocenters. The molecule has 0 aliphatic heterocycles. The molecule has 0 saturated heterocycles. The molecule has 130 valence electrons. The van der Waals surface area contributed by atoms with Crippen LogP contribution in [0.15, 0.2) is 36.4 Å². The van der Waals surface area contributed by atoms with E-state index in [0.717, 1.165) is 24.0 Å². The van der Waals surface area contributed by atoms with Crippen LogP contribution in [-0.2, 0) is 5.16 Å². The number of phenols is 1. The Hall–Kier alpha value is -1.53. The molecule has 0 aromatic heterocycles. The molecule has 0 heterocycles. The summed E-state index contributed by atoms with van der Waals surface area (Å²) < 4.78 is 0. The predicted octanol–water partition coefficient (Wildman–Crippen LogP) is 5.09. The maximum atomic E-state index is 10.8. The summed E-state index contributed by atoms with van der Waals surface area (Å²) in [6, 6.07) is 12.9. The molecule has 0 amide bonds. The van der Waals surface area contributed by atoms with Crippen molar-refractivity contribution < 1.29 is 5.11 Å². The zero-order valence-corrected chi connectivity index (χ0v) is 16.8. The number of phenolic OH excluding ortho intramolecular Hbond substituents is 1. The van der Waals surface area contributed by atoms with Crippen molar-refractivity contribution in [2.24, 2.45) is 0 Å². The number of aryl methyl sites for hydroxylation is 2. The average molecular weight is 343 g/mol. The third-order valence-corrected chi connectivity index (χ3v) is 7.07. The Morgan fingerprint density at radius 1 is 1.04 bits per heavy atom. The molecule has 2 aromatic rings. The van der Waals surface area contributed by atoms with Crippen LogP contribution in [0.4, 0.5) is 5.69 Å². The lowest BCUT2D eigenvalue weighted by molar-refractivity contribution is 0.444. The van der Waals surface area contributed by atoms with Gasteiger partial charge in [0.25, 0.3) is 0 Å². The van der Waals surface area contributed by atoms with Gasteiger partial charge in [-0.1, -0.05) is 58.3 Å². The topological polar surface area (TPSA) is 23.5 Å². The number of rotatable bonds is 6. The number of aromatic hydroxyl groups is 1. The Kier molecular flexibility index (Phi) is 5.93. The van der Waals surface area contributed by atoms with Gasteiger partial charge in [0.05, 0.1) is 0 Å². The van der Waals surface area contributed by atoms with E-state index in [4.69, 9.17) is 0 Å². The summed E-state index contributed by atoms with van der Waals surface area (Å²) in [7, 11) is 4.81. The Morgan fingerprint density at radius 2 is 1.67 bits per heavy atom. The van der Waals surface area contributed by atoms with E-state index >= 15 is 0 Å². The van der Waals surface area contributed by atoms with E-state index in [1.165, 1.54) is 16.6 Å². The van der Waals surface area contributed by atoms with Gasteiger partial charge in [-0.15, -0.1) is 0 Å². The quantitative estimate of drug-likeness (QED) is 0.738. The molecule has 3 heteroatoms. The SMILES string of the molecule is CCC(CC)(Pc1ccccc1N(C)C)c1cc(C)cc(C)c1O. The van der Waals surface area contributed by atoms with E-state index in [-0.39, 0.29) is 5.16 Å². The average Bonchev–Trinajstić information content (AvgIpc) is 2.56. The highest BCUT2D eigenvalue weighted by Crippen LogP contribution is 2.51. The van der Waals surface area contributed by atoms with Gasteiger partial charge in [-0.25, -0.2) is 0 Å². The fourth-order valence-electron chi connectivity index (χ4n) is 3.43. The molecule has 0 spiro atoms. The first-order valence-electron chi connectivity index (χ1n) is 8.70. The van der Waals surface area contributed by atoms with Crippen LogP contribution in [0.2, 0.25) is 0 Å². The molecule has 1 unspecified atom stereocenters. The van der Waals surface area contributed by atoms with Gasteiger partial charge in [0.1, 0.15) is 5.75 Å². The van der Waals surface area contributed by atoms with Crippen molar-refractivity contribution in [3.8, 4) is 5.75 Å². The van der Waals surface area contributed by atoms with Gasteiger partial charge in [-0.2, -0.15) is 0 Å². The molecule has 0 radical (unpaired) electrons. The minimum Gasteiger partial charge on any atom is -0.507 e. The highest BCUT2D eigenvalue weighted by molar-refractivity contribution is 7.49. The van der Waals surface area contributed by atoms with Crippen molar-refractivity contribution in [1.29, 1.82) is 0 Å². The summed E-state index contributed by atoms with van der Waals surface area (Å²) in [6.45, 7) is 8.60. The molecule has 2 rings (SSSR count). The van der Waals surface area contributed by atoms with Crippen LogP contribution in [0.5, 0.6) is 5.75 Å². The smallest absolute Gasteiger partial charge is 0.122 e. The lowest BCUT2D eigenvalue weighted by Crippen LogP contribution is -2.25. The third-order valence-electron chi connectivity index (χ3n) is 4.93. The number of para-hydroxylation sites is 1. The van der Waals surface area contributed by atoms with Crippen molar-refractivity contribution in [1.82, 2.24) is 0 Å². The van der Waals surface area contributed by atoms with Crippen LogP contribution in [0, 0.1) is 13.8 Å². The molecule has 2 aromatic carbocycles. The molecule has 2 nitrogen and oxygen atoms in total. The number of anilines is 1. The molecule has 0 bridgehead atoms. The second-order valence-electron chi connectivity index (χ2n) is 6.80. The first-order valence-corrected chi connectivity index (χ1v) is 9.70. The minimum atomic E-state index is -0.0209. The van der Waals surface area contributed by atoms with E-state index in [0.29, 0.717) is 14.3 Å². The molecule has 0 aliphatic carbocycles. The molecule has 0 fully saturated rings. The maximum Gasteiger partial charge on any atom is 0.122 e. The summed E-state index contributed by atoms with van der Waals surface area (Å²) in [6.07, 6.45) is 2.03. The first kappa shape index (κ1) is 18.8. The second kappa shape index (κ2) is 7.57. The molecular formula is C21H30NOP. The van der Waals surface area contributed by atoms with E-state index in [2.05, 4.69) is 76.2 Å². The predicted molar refractivity (Wildman–Crippen MR) is 109 cm³/mol. The Labute approximate surface area is 148 Å². The molecular weight excluding hydrogens is 313 g/mol. The van der Waals surface area contributed by atoms with Gasteiger partial charge in [0.2, 0.25) is 0 Å². The lowest BCUT2D eigenvalue weighted by Gasteiger charge is -2.35. The highest BCUT2D eigenvalue weighted by atomic mass is 31.1. The van der Waals surface area contributed by atoms with Gasteiger partial charge in [-0.05, 0) is 43.6 Å².